The van der Waals surface area contributed by atoms with E-state index in [1.165, 1.54) is 0 Å². The fraction of sp³-hybridized carbons (Fsp3) is 0.263. The van der Waals surface area contributed by atoms with Crippen LogP contribution in [-0.2, 0) is 16.1 Å². The number of carboxylic acid groups (broad SMARTS) is 1. The van der Waals surface area contributed by atoms with Crippen molar-refractivity contribution in [2.45, 2.75) is 20.4 Å². The first-order valence-corrected chi connectivity index (χ1v) is 7.84. The van der Waals surface area contributed by atoms with Crippen molar-refractivity contribution >= 4 is 11.9 Å². The molecule has 2 rings (SSSR count). The Labute approximate surface area is 146 Å². The van der Waals surface area contributed by atoms with Gasteiger partial charge in [0, 0.05) is 6.54 Å². The molecule has 0 atom stereocenters. The maximum absolute atomic E-state index is 11.9. The van der Waals surface area contributed by atoms with Crippen LogP contribution in [0.2, 0.25) is 0 Å². The van der Waals surface area contributed by atoms with Crippen molar-refractivity contribution in [3.8, 4) is 11.5 Å². The van der Waals surface area contributed by atoms with Gasteiger partial charge in [0.05, 0.1) is 0 Å². The number of nitrogens with one attached hydrogen (secondary N) is 1. The molecule has 2 aromatic rings. The molecule has 25 heavy (non-hydrogen) atoms. The zero-order valence-electron chi connectivity index (χ0n) is 14.2. The van der Waals surface area contributed by atoms with Gasteiger partial charge in [-0.15, -0.1) is 0 Å². The Morgan fingerprint density at radius 2 is 1.84 bits per heavy atom. The predicted molar refractivity (Wildman–Crippen MR) is 92.8 cm³/mol. The molecular formula is C19H21NO5. The molecular weight excluding hydrogens is 322 g/mol. The third kappa shape index (κ3) is 6.18. The van der Waals surface area contributed by atoms with E-state index in [9.17, 15) is 9.59 Å². The average molecular weight is 343 g/mol. The van der Waals surface area contributed by atoms with E-state index in [4.69, 9.17) is 14.6 Å². The fourth-order valence-corrected chi connectivity index (χ4v) is 2.25. The van der Waals surface area contributed by atoms with Crippen molar-refractivity contribution in [3.63, 3.8) is 0 Å². The molecule has 0 aromatic heterocycles. The summed E-state index contributed by atoms with van der Waals surface area (Å²) in [6.45, 7) is 3.76. The first-order valence-electron chi connectivity index (χ1n) is 7.84. The monoisotopic (exact) mass is 343 g/mol. The molecule has 0 saturated heterocycles. The van der Waals surface area contributed by atoms with Crippen molar-refractivity contribution in [1.82, 2.24) is 5.32 Å². The van der Waals surface area contributed by atoms with Gasteiger partial charge in [0.25, 0.3) is 5.91 Å². The van der Waals surface area contributed by atoms with Crippen LogP contribution >= 0.6 is 0 Å². The van der Waals surface area contributed by atoms with Crippen LogP contribution in [0.15, 0.2) is 42.5 Å². The van der Waals surface area contributed by atoms with Gasteiger partial charge < -0.3 is 19.9 Å². The van der Waals surface area contributed by atoms with Crippen LogP contribution in [-0.4, -0.2) is 30.2 Å². The molecule has 0 saturated carbocycles. The summed E-state index contributed by atoms with van der Waals surface area (Å²) in [5.74, 6) is -0.149. The number of carbonyl (C=O) groups is 2. The van der Waals surface area contributed by atoms with Crippen LogP contribution in [0.5, 0.6) is 11.5 Å². The molecule has 0 heterocycles. The molecule has 0 aliphatic heterocycles. The molecule has 6 nitrogen and oxygen atoms in total. The van der Waals surface area contributed by atoms with Gasteiger partial charge in [-0.05, 0) is 43.2 Å². The minimum atomic E-state index is -1.04. The second kappa shape index (κ2) is 8.73. The van der Waals surface area contributed by atoms with Crippen LogP contribution in [0.3, 0.4) is 0 Å². The van der Waals surface area contributed by atoms with Gasteiger partial charge in [0.1, 0.15) is 11.5 Å². The van der Waals surface area contributed by atoms with Gasteiger partial charge >= 0.3 is 5.97 Å². The number of benzene rings is 2. The molecule has 0 spiro atoms. The van der Waals surface area contributed by atoms with E-state index in [0.717, 1.165) is 16.7 Å². The summed E-state index contributed by atoms with van der Waals surface area (Å²) in [4.78, 5) is 22.4. The van der Waals surface area contributed by atoms with E-state index < -0.39 is 12.6 Å². The summed E-state index contributed by atoms with van der Waals surface area (Å²) in [5.41, 5.74) is 2.93. The Balaban J connectivity index is 1.81. The molecule has 0 radical (unpaired) electrons. The van der Waals surface area contributed by atoms with E-state index in [1.807, 2.05) is 38.1 Å². The first kappa shape index (κ1) is 18.3. The lowest BCUT2D eigenvalue weighted by atomic mass is 10.1. The van der Waals surface area contributed by atoms with Crippen molar-refractivity contribution in [1.29, 1.82) is 0 Å². The van der Waals surface area contributed by atoms with Crippen LogP contribution in [0, 0.1) is 13.8 Å². The lowest BCUT2D eigenvalue weighted by Gasteiger charge is -2.11. The van der Waals surface area contributed by atoms with Crippen molar-refractivity contribution in [2.24, 2.45) is 0 Å². The Kier molecular flexibility index (Phi) is 6.39. The largest absolute Gasteiger partial charge is 0.484 e. The van der Waals surface area contributed by atoms with Crippen LogP contribution in [0.25, 0.3) is 0 Å². The van der Waals surface area contributed by atoms with Gasteiger partial charge in [-0.25, -0.2) is 4.79 Å². The molecule has 0 unspecified atom stereocenters. The summed E-state index contributed by atoms with van der Waals surface area (Å²) < 4.78 is 10.6. The lowest BCUT2D eigenvalue weighted by molar-refractivity contribution is -0.139. The van der Waals surface area contributed by atoms with Gasteiger partial charge in [-0.3, -0.25) is 4.79 Å². The number of aliphatic carboxylic acids is 1. The molecule has 0 aliphatic carbocycles. The molecule has 0 fully saturated rings. The summed E-state index contributed by atoms with van der Waals surface area (Å²) in [5, 5.41) is 11.4. The standard InChI is InChI=1S/C19H21NO5/c1-13-6-7-17(14(2)8-13)25-11-18(21)20-10-15-4-3-5-16(9-15)24-12-19(22)23/h3-9H,10-12H2,1-2H3,(H,20,21)(H,22,23). The van der Waals surface area contributed by atoms with Crippen LogP contribution < -0.4 is 14.8 Å². The fourth-order valence-electron chi connectivity index (χ4n) is 2.25. The quantitative estimate of drug-likeness (QED) is 0.769. The number of carbonyl (C=O) groups excluding carboxylic acids is 1. The zero-order chi connectivity index (χ0) is 18.2. The third-order valence-electron chi connectivity index (χ3n) is 3.44. The molecule has 2 aromatic carbocycles. The van der Waals surface area contributed by atoms with Crippen molar-refractivity contribution in [2.75, 3.05) is 13.2 Å². The van der Waals surface area contributed by atoms with Crippen molar-refractivity contribution in [3.05, 3.63) is 59.2 Å². The zero-order valence-corrected chi connectivity index (χ0v) is 14.2. The lowest BCUT2D eigenvalue weighted by Crippen LogP contribution is -2.28. The predicted octanol–water partition coefficient (Wildman–Crippen LogP) is 2.46. The van der Waals surface area contributed by atoms with Crippen LogP contribution in [0.4, 0.5) is 0 Å². The number of aryl methyl sites for hydroxylation is 2. The Bertz CT molecular complexity index is 757. The maximum Gasteiger partial charge on any atom is 0.341 e. The number of hydrogen-bond donors (Lipinski definition) is 2. The van der Waals surface area contributed by atoms with E-state index >= 15 is 0 Å². The smallest absolute Gasteiger partial charge is 0.341 e. The number of rotatable bonds is 8. The number of amides is 1. The highest BCUT2D eigenvalue weighted by atomic mass is 16.5. The minimum absolute atomic E-state index is 0.0703. The second-order valence-corrected chi connectivity index (χ2v) is 5.66. The minimum Gasteiger partial charge on any atom is -0.484 e. The topological polar surface area (TPSA) is 84.9 Å². The maximum atomic E-state index is 11.9. The third-order valence-corrected chi connectivity index (χ3v) is 3.44. The molecule has 6 heteroatoms. The SMILES string of the molecule is Cc1ccc(OCC(=O)NCc2cccc(OCC(=O)O)c2)c(C)c1. The van der Waals surface area contributed by atoms with Gasteiger partial charge in [-0.1, -0.05) is 29.8 Å². The van der Waals surface area contributed by atoms with E-state index in [-0.39, 0.29) is 12.5 Å². The summed E-state index contributed by atoms with van der Waals surface area (Å²) in [6.07, 6.45) is 0. The highest BCUT2D eigenvalue weighted by Crippen LogP contribution is 2.18. The summed E-state index contributed by atoms with van der Waals surface area (Å²) >= 11 is 0. The van der Waals surface area contributed by atoms with E-state index in [1.54, 1.807) is 18.2 Å². The average Bonchev–Trinajstić information content (AvgIpc) is 2.58. The van der Waals surface area contributed by atoms with Gasteiger partial charge in [0.2, 0.25) is 0 Å². The molecule has 1 amide bonds. The Morgan fingerprint density at radius 3 is 2.56 bits per heavy atom. The summed E-state index contributed by atoms with van der Waals surface area (Å²) in [6, 6.07) is 12.7. The highest BCUT2D eigenvalue weighted by molar-refractivity contribution is 5.77. The van der Waals surface area contributed by atoms with E-state index in [2.05, 4.69) is 5.32 Å². The van der Waals surface area contributed by atoms with Gasteiger partial charge in [-0.2, -0.15) is 0 Å². The van der Waals surface area contributed by atoms with Crippen LogP contribution in [0.1, 0.15) is 16.7 Å². The normalized spacial score (nSPS) is 10.2. The second-order valence-electron chi connectivity index (χ2n) is 5.66. The highest BCUT2D eigenvalue weighted by Gasteiger charge is 2.06. The number of carboxylic acids is 1. The van der Waals surface area contributed by atoms with Gasteiger partial charge in [0.15, 0.2) is 13.2 Å². The molecule has 2 N–H and O–H groups in total. The molecule has 0 bridgehead atoms. The van der Waals surface area contributed by atoms with Crippen molar-refractivity contribution < 1.29 is 24.2 Å². The summed E-state index contributed by atoms with van der Waals surface area (Å²) in [7, 11) is 0. The van der Waals surface area contributed by atoms with E-state index in [0.29, 0.717) is 18.0 Å². The Hall–Kier alpha value is -3.02. The number of hydrogen-bond acceptors (Lipinski definition) is 4. The molecule has 132 valence electrons. The number of ether oxygens (including phenoxy) is 2. The molecule has 0 aliphatic rings. The Morgan fingerprint density at radius 1 is 1.04 bits per heavy atom. The first-order chi connectivity index (χ1) is 11.9.